The molecule has 33 heavy (non-hydrogen) atoms. The molecule has 0 aromatic carbocycles. The molecule has 2 aromatic heterocycles. The molecule has 2 aromatic rings. The van der Waals surface area contributed by atoms with E-state index in [-0.39, 0.29) is 29.2 Å². The fraction of sp³-hybridized carbons (Fsp3) is 0.560. The Morgan fingerprint density at radius 3 is 2.73 bits per heavy atom. The second-order valence-electron chi connectivity index (χ2n) is 10.3. The molecule has 3 N–H and O–H groups in total. The molecule has 2 amide bonds. The summed E-state index contributed by atoms with van der Waals surface area (Å²) in [6.45, 7) is 8.55. The van der Waals surface area contributed by atoms with Gasteiger partial charge in [0.15, 0.2) is 0 Å². The number of carbonyl (C=O) groups is 2. The Labute approximate surface area is 199 Å². The van der Waals surface area contributed by atoms with E-state index in [1.54, 1.807) is 13.1 Å². The molecule has 178 valence electrons. The van der Waals surface area contributed by atoms with Crippen LogP contribution in [0.4, 0.5) is 5.82 Å². The third-order valence-corrected chi connectivity index (χ3v) is 7.05. The van der Waals surface area contributed by atoms with Crippen molar-refractivity contribution >= 4 is 29.2 Å². The van der Waals surface area contributed by atoms with Gasteiger partial charge in [0.25, 0.3) is 0 Å². The van der Waals surface area contributed by atoms with Crippen molar-refractivity contribution in [3.05, 3.63) is 34.7 Å². The topological polar surface area (TPSA) is 96.3 Å². The summed E-state index contributed by atoms with van der Waals surface area (Å²) in [5.74, 6) is 0.137. The number of pyridine rings is 1. The molecule has 1 aliphatic carbocycles. The van der Waals surface area contributed by atoms with Crippen molar-refractivity contribution in [2.24, 2.45) is 11.3 Å². The first-order chi connectivity index (χ1) is 15.5. The van der Waals surface area contributed by atoms with Crippen LogP contribution in [0.3, 0.4) is 0 Å². The molecular weight excluding hydrogens is 440 g/mol. The predicted molar refractivity (Wildman–Crippen MR) is 129 cm³/mol. The SMILES string of the molecule is CC(=O)N[C@@H]1CCC[C@H](C(=O)Nc2cc(-c3cc([C@@H](C)O)n4c3CC(C)(C)C4)c(Cl)cn2)C1. The van der Waals surface area contributed by atoms with Crippen molar-refractivity contribution < 1.29 is 14.7 Å². The molecule has 0 saturated heterocycles. The zero-order valence-corrected chi connectivity index (χ0v) is 20.5. The third-order valence-electron chi connectivity index (χ3n) is 6.75. The normalized spacial score (nSPS) is 22.5. The highest BCUT2D eigenvalue weighted by Crippen LogP contribution is 2.43. The molecular formula is C25H33ClN4O3. The Bertz CT molecular complexity index is 1080. The Hall–Kier alpha value is -2.38. The molecule has 1 fully saturated rings. The minimum atomic E-state index is -0.589. The van der Waals surface area contributed by atoms with Gasteiger partial charge in [-0.15, -0.1) is 0 Å². The molecule has 0 unspecified atom stereocenters. The monoisotopic (exact) mass is 472 g/mol. The zero-order chi connectivity index (χ0) is 23.9. The summed E-state index contributed by atoms with van der Waals surface area (Å²) in [6, 6.07) is 3.86. The van der Waals surface area contributed by atoms with Gasteiger partial charge in [0.05, 0.1) is 11.1 Å². The molecule has 0 radical (unpaired) electrons. The second-order valence-corrected chi connectivity index (χ2v) is 10.7. The van der Waals surface area contributed by atoms with Crippen molar-refractivity contribution in [3.63, 3.8) is 0 Å². The van der Waals surface area contributed by atoms with Crippen molar-refractivity contribution in [2.45, 2.75) is 78.5 Å². The first-order valence-corrected chi connectivity index (χ1v) is 12.1. The molecule has 0 spiro atoms. The largest absolute Gasteiger partial charge is 0.387 e. The Kier molecular flexibility index (Phi) is 6.56. The van der Waals surface area contributed by atoms with Gasteiger partial charge in [-0.05, 0) is 50.2 Å². The van der Waals surface area contributed by atoms with Gasteiger partial charge in [0.2, 0.25) is 11.8 Å². The lowest BCUT2D eigenvalue weighted by Gasteiger charge is -2.28. The fourth-order valence-corrected chi connectivity index (χ4v) is 5.50. The van der Waals surface area contributed by atoms with Crippen LogP contribution < -0.4 is 10.6 Å². The predicted octanol–water partition coefficient (Wildman–Crippen LogP) is 4.47. The quantitative estimate of drug-likeness (QED) is 0.598. The van der Waals surface area contributed by atoms with Gasteiger partial charge in [-0.2, -0.15) is 0 Å². The van der Waals surface area contributed by atoms with Crippen LogP contribution in [0.25, 0.3) is 11.1 Å². The summed E-state index contributed by atoms with van der Waals surface area (Å²) in [6.07, 6.45) is 5.08. The summed E-state index contributed by atoms with van der Waals surface area (Å²) in [4.78, 5) is 28.7. The maximum Gasteiger partial charge on any atom is 0.228 e. The molecule has 3 atom stereocenters. The van der Waals surface area contributed by atoms with Crippen LogP contribution in [0.5, 0.6) is 0 Å². The lowest BCUT2D eigenvalue weighted by Crippen LogP contribution is -2.40. The number of hydrogen-bond donors (Lipinski definition) is 3. The molecule has 7 nitrogen and oxygen atoms in total. The second kappa shape index (κ2) is 9.11. The van der Waals surface area contributed by atoms with Crippen LogP contribution in [0.15, 0.2) is 18.3 Å². The zero-order valence-electron chi connectivity index (χ0n) is 19.7. The van der Waals surface area contributed by atoms with Crippen LogP contribution in [0, 0.1) is 11.3 Å². The van der Waals surface area contributed by atoms with Gasteiger partial charge in [0.1, 0.15) is 5.82 Å². The molecule has 8 heteroatoms. The summed E-state index contributed by atoms with van der Waals surface area (Å²) >= 11 is 6.56. The van der Waals surface area contributed by atoms with E-state index < -0.39 is 6.10 Å². The number of rotatable bonds is 5. The molecule has 3 heterocycles. The van der Waals surface area contributed by atoms with Crippen molar-refractivity contribution in [3.8, 4) is 11.1 Å². The number of halogens is 1. The van der Waals surface area contributed by atoms with E-state index in [9.17, 15) is 14.7 Å². The van der Waals surface area contributed by atoms with Crippen LogP contribution >= 0.6 is 11.6 Å². The first kappa shape index (κ1) is 23.8. The Morgan fingerprint density at radius 1 is 1.27 bits per heavy atom. The van der Waals surface area contributed by atoms with Gasteiger partial charge >= 0.3 is 0 Å². The summed E-state index contributed by atoms with van der Waals surface area (Å²) in [5, 5.41) is 16.7. The minimum absolute atomic E-state index is 0.0342. The van der Waals surface area contributed by atoms with Gasteiger partial charge < -0.3 is 20.3 Å². The number of fused-ring (bicyclic) bond motifs is 1. The van der Waals surface area contributed by atoms with Crippen LogP contribution in [0.2, 0.25) is 5.02 Å². The van der Waals surface area contributed by atoms with Crippen molar-refractivity contribution in [1.82, 2.24) is 14.9 Å². The Balaban J connectivity index is 1.58. The van der Waals surface area contributed by atoms with Crippen LogP contribution in [-0.2, 0) is 22.6 Å². The number of carbonyl (C=O) groups excluding carboxylic acids is 2. The molecule has 1 saturated carbocycles. The van der Waals surface area contributed by atoms with E-state index in [4.69, 9.17) is 11.6 Å². The fourth-order valence-electron chi connectivity index (χ4n) is 5.29. The summed E-state index contributed by atoms with van der Waals surface area (Å²) in [7, 11) is 0. The van der Waals surface area contributed by atoms with Gasteiger partial charge in [-0.25, -0.2) is 4.98 Å². The van der Waals surface area contributed by atoms with Crippen LogP contribution in [0.1, 0.15) is 70.9 Å². The number of anilines is 1. The maximum absolute atomic E-state index is 13.0. The smallest absolute Gasteiger partial charge is 0.228 e. The Morgan fingerprint density at radius 2 is 2.03 bits per heavy atom. The van der Waals surface area contributed by atoms with E-state index in [1.807, 2.05) is 12.1 Å². The lowest BCUT2D eigenvalue weighted by atomic mass is 9.85. The average Bonchev–Trinajstić information content (AvgIpc) is 3.22. The highest BCUT2D eigenvalue weighted by Gasteiger charge is 2.34. The average molecular weight is 473 g/mol. The van der Waals surface area contributed by atoms with E-state index in [2.05, 4.69) is 34.0 Å². The standard InChI is InChI=1S/C25H33ClN4O3/c1-14(31)21-9-19(22-11-25(3,4)13-30(21)22)18-10-23(27-12-20(18)26)29-24(33)16-6-5-7-17(8-16)28-15(2)32/h9-10,12,14,16-17,31H,5-8,11,13H2,1-4H3,(H,28,32)(H,27,29,33)/t14-,16+,17-/m1/s1. The lowest BCUT2D eigenvalue weighted by molar-refractivity contribution is -0.123. The van der Waals surface area contributed by atoms with E-state index >= 15 is 0 Å². The number of aromatic nitrogens is 2. The summed E-state index contributed by atoms with van der Waals surface area (Å²) in [5.41, 5.74) is 3.89. The number of aliphatic hydroxyl groups is 1. The van der Waals surface area contributed by atoms with Crippen molar-refractivity contribution in [1.29, 1.82) is 0 Å². The maximum atomic E-state index is 13.0. The minimum Gasteiger partial charge on any atom is -0.387 e. The number of nitrogens with one attached hydrogen (secondary N) is 2. The molecule has 0 bridgehead atoms. The molecule has 4 rings (SSSR count). The van der Waals surface area contributed by atoms with E-state index in [0.29, 0.717) is 17.3 Å². The van der Waals surface area contributed by atoms with Crippen molar-refractivity contribution in [2.75, 3.05) is 5.32 Å². The highest BCUT2D eigenvalue weighted by molar-refractivity contribution is 6.33. The van der Waals surface area contributed by atoms with Gasteiger partial charge in [-0.1, -0.05) is 31.9 Å². The number of nitrogens with zero attached hydrogens (tertiary/aromatic N) is 2. The number of hydrogen-bond acceptors (Lipinski definition) is 4. The molecule has 2 aliphatic rings. The van der Waals surface area contributed by atoms with E-state index in [0.717, 1.165) is 54.7 Å². The van der Waals surface area contributed by atoms with Crippen LogP contribution in [-0.4, -0.2) is 32.5 Å². The first-order valence-electron chi connectivity index (χ1n) is 11.7. The van der Waals surface area contributed by atoms with E-state index in [1.165, 1.54) is 6.92 Å². The number of amides is 2. The highest BCUT2D eigenvalue weighted by atomic mass is 35.5. The molecule has 1 aliphatic heterocycles. The van der Waals surface area contributed by atoms with Gasteiger partial charge in [0, 0.05) is 54.1 Å². The van der Waals surface area contributed by atoms with Gasteiger partial charge in [-0.3, -0.25) is 9.59 Å². The summed E-state index contributed by atoms with van der Waals surface area (Å²) < 4.78 is 2.19. The number of aliphatic hydroxyl groups excluding tert-OH is 1. The third kappa shape index (κ3) is 5.09.